The zero-order chi connectivity index (χ0) is 19.4. The molecule has 0 aliphatic carbocycles. The lowest BCUT2D eigenvalue weighted by Gasteiger charge is -2.11. The third kappa shape index (κ3) is 3.61. The fraction of sp³-hybridized carbons (Fsp3) is 0.0526. The number of hydrogen-bond donors (Lipinski definition) is 2. The SMILES string of the molecule is N#Cc1c(N)nc(SCc2cccc(C(N)=O)c2)c(C#N)c1-c1ccco1. The lowest BCUT2D eigenvalue weighted by atomic mass is 10.0. The van der Waals surface area contributed by atoms with E-state index in [-0.39, 0.29) is 16.9 Å². The fourth-order valence-corrected chi connectivity index (χ4v) is 3.47. The molecule has 0 spiro atoms. The van der Waals surface area contributed by atoms with E-state index in [9.17, 15) is 15.3 Å². The van der Waals surface area contributed by atoms with Gasteiger partial charge in [-0.3, -0.25) is 4.79 Å². The second-order valence-corrected chi connectivity index (χ2v) is 6.45. The molecule has 0 aliphatic heterocycles. The van der Waals surface area contributed by atoms with E-state index in [1.807, 2.05) is 12.1 Å². The van der Waals surface area contributed by atoms with Crippen LogP contribution in [0.25, 0.3) is 11.3 Å². The summed E-state index contributed by atoms with van der Waals surface area (Å²) in [6.45, 7) is 0. The van der Waals surface area contributed by atoms with Gasteiger partial charge >= 0.3 is 0 Å². The van der Waals surface area contributed by atoms with Crippen molar-refractivity contribution in [1.29, 1.82) is 10.5 Å². The number of nitrogens with zero attached hydrogens (tertiary/aromatic N) is 3. The number of amides is 1. The highest BCUT2D eigenvalue weighted by atomic mass is 32.2. The summed E-state index contributed by atoms with van der Waals surface area (Å²) in [5.41, 5.74) is 13.1. The van der Waals surface area contributed by atoms with E-state index < -0.39 is 5.91 Å². The number of nitriles is 2. The molecule has 8 heteroatoms. The van der Waals surface area contributed by atoms with Crippen molar-refractivity contribution in [3.8, 4) is 23.5 Å². The summed E-state index contributed by atoms with van der Waals surface area (Å²) in [7, 11) is 0. The van der Waals surface area contributed by atoms with Gasteiger partial charge in [-0.25, -0.2) is 4.98 Å². The van der Waals surface area contributed by atoms with Gasteiger partial charge in [0.15, 0.2) is 0 Å². The molecule has 0 aliphatic rings. The van der Waals surface area contributed by atoms with Crippen molar-refractivity contribution in [3.05, 3.63) is 64.9 Å². The second-order valence-electron chi connectivity index (χ2n) is 5.48. The summed E-state index contributed by atoms with van der Waals surface area (Å²) in [4.78, 5) is 15.5. The molecule has 0 fully saturated rings. The molecule has 0 atom stereocenters. The predicted octanol–water partition coefficient (Wildman–Crippen LogP) is 3.06. The predicted molar refractivity (Wildman–Crippen MR) is 100 cm³/mol. The first kappa shape index (κ1) is 18.1. The van der Waals surface area contributed by atoms with E-state index in [2.05, 4.69) is 11.1 Å². The van der Waals surface area contributed by atoms with Crippen LogP contribution in [0, 0.1) is 22.7 Å². The maximum Gasteiger partial charge on any atom is 0.248 e. The van der Waals surface area contributed by atoms with Gasteiger partial charge in [-0.05, 0) is 29.8 Å². The molecule has 2 aromatic heterocycles. The second kappa shape index (κ2) is 7.65. The number of furan rings is 1. The van der Waals surface area contributed by atoms with E-state index in [1.54, 1.807) is 30.3 Å². The molecule has 1 amide bonds. The number of rotatable bonds is 5. The number of nitrogen functional groups attached to an aromatic ring is 1. The van der Waals surface area contributed by atoms with E-state index >= 15 is 0 Å². The zero-order valence-corrected chi connectivity index (χ0v) is 14.8. The minimum Gasteiger partial charge on any atom is -0.464 e. The fourth-order valence-electron chi connectivity index (χ4n) is 2.54. The van der Waals surface area contributed by atoms with Gasteiger partial charge in [0.1, 0.15) is 34.3 Å². The summed E-state index contributed by atoms with van der Waals surface area (Å²) in [5, 5.41) is 19.5. The Morgan fingerprint density at radius 1 is 1.19 bits per heavy atom. The molecule has 0 saturated heterocycles. The quantitative estimate of drug-likeness (QED) is 0.652. The monoisotopic (exact) mass is 375 g/mol. The highest BCUT2D eigenvalue weighted by Gasteiger charge is 2.22. The molecule has 0 unspecified atom stereocenters. The highest BCUT2D eigenvalue weighted by Crippen LogP contribution is 2.36. The Morgan fingerprint density at radius 3 is 2.59 bits per heavy atom. The lowest BCUT2D eigenvalue weighted by molar-refractivity contribution is 0.1000. The van der Waals surface area contributed by atoms with Gasteiger partial charge < -0.3 is 15.9 Å². The number of hydrogen-bond acceptors (Lipinski definition) is 7. The Balaban J connectivity index is 2.02. The van der Waals surface area contributed by atoms with Crippen molar-refractivity contribution in [3.63, 3.8) is 0 Å². The number of carbonyl (C=O) groups is 1. The van der Waals surface area contributed by atoms with Crippen LogP contribution in [0.15, 0.2) is 52.1 Å². The third-order valence-corrected chi connectivity index (χ3v) is 4.82. The van der Waals surface area contributed by atoms with Crippen LogP contribution in [0.1, 0.15) is 27.0 Å². The first-order valence-corrected chi connectivity index (χ1v) is 8.72. The van der Waals surface area contributed by atoms with Gasteiger partial charge in [0.05, 0.1) is 17.4 Å². The topological polar surface area (TPSA) is 143 Å². The number of pyridine rings is 1. The average Bonchev–Trinajstić information content (AvgIpc) is 3.20. The van der Waals surface area contributed by atoms with Crippen LogP contribution in [0.4, 0.5) is 5.82 Å². The maximum absolute atomic E-state index is 11.3. The first-order valence-electron chi connectivity index (χ1n) is 7.74. The molecule has 1 aromatic carbocycles. The van der Waals surface area contributed by atoms with E-state index in [0.29, 0.717) is 27.7 Å². The molecule has 2 heterocycles. The van der Waals surface area contributed by atoms with Gasteiger partial charge in [0.25, 0.3) is 0 Å². The van der Waals surface area contributed by atoms with Gasteiger partial charge in [-0.15, -0.1) is 11.8 Å². The summed E-state index contributed by atoms with van der Waals surface area (Å²) < 4.78 is 5.37. The van der Waals surface area contributed by atoms with Gasteiger partial charge in [-0.2, -0.15) is 10.5 Å². The van der Waals surface area contributed by atoms with Gasteiger partial charge in [-0.1, -0.05) is 12.1 Å². The molecule has 4 N–H and O–H groups in total. The number of carbonyl (C=O) groups excluding carboxylic acids is 1. The van der Waals surface area contributed by atoms with Crippen LogP contribution >= 0.6 is 11.8 Å². The van der Waals surface area contributed by atoms with Crippen molar-refractivity contribution in [2.75, 3.05) is 5.73 Å². The number of thioether (sulfide) groups is 1. The molecule has 0 saturated carbocycles. The van der Waals surface area contributed by atoms with Crippen LogP contribution in [0.2, 0.25) is 0 Å². The van der Waals surface area contributed by atoms with E-state index in [1.165, 1.54) is 18.0 Å². The minimum absolute atomic E-state index is 0.0243. The Bertz CT molecular complexity index is 1090. The molecular formula is C19H13N5O2S. The number of anilines is 1. The van der Waals surface area contributed by atoms with Crippen LogP contribution in [0.5, 0.6) is 0 Å². The summed E-state index contributed by atoms with van der Waals surface area (Å²) in [6.07, 6.45) is 1.45. The van der Waals surface area contributed by atoms with Crippen LogP contribution in [-0.2, 0) is 5.75 Å². The Morgan fingerprint density at radius 2 is 1.96 bits per heavy atom. The Labute approximate surface area is 159 Å². The molecule has 132 valence electrons. The molecule has 0 radical (unpaired) electrons. The maximum atomic E-state index is 11.3. The Hall–Kier alpha value is -3.75. The Kier molecular flexibility index (Phi) is 5.11. The van der Waals surface area contributed by atoms with Crippen LogP contribution in [0.3, 0.4) is 0 Å². The van der Waals surface area contributed by atoms with Crippen LogP contribution < -0.4 is 11.5 Å². The minimum atomic E-state index is -0.514. The zero-order valence-electron chi connectivity index (χ0n) is 14.0. The van der Waals surface area contributed by atoms with Crippen molar-refractivity contribution in [1.82, 2.24) is 4.98 Å². The normalized spacial score (nSPS) is 10.1. The first-order chi connectivity index (χ1) is 13.0. The summed E-state index contributed by atoms with van der Waals surface area (Å²) in [6, 6.07) is 14.3. The smallest absolute Gasteiger partial charge is 0.248 e. The summed E-state index contributed by atoms with van der Waals surface area (Å²) >= 11 is 1.27. The molecule has 7 nitrogen and oxygen atoms in total. The summed E-state index contributed by atoms with van der Waals surface area (Å²) in [5.74, 6) is 0.317. The van der Waals surface area contributed by atoms with Crippen molar-refractivity contribution < 1.29 is 9.21 Å². The largest absolute Gasteiger partial charge is 0.464 e. The number of aromatic nitrogens is 1. The van der Waals surface area contributed by atoms with Gasteiger partial charge in [0.2, 0.25) is 5.91 Å². The molecule has 27 heavy (non-hydrogen) atoms. The molecular weight excluding hydrogens is 362 g/mol. The van der Waals surface area contributed by atoms with Gasteiger partial charge in [0, 0.05) is 11.3 Å². The van der Waals surface area contributed by atoms with Crippen molar-refractivity contribution in [2.24, 2.45) is 5.73 Å². The molecule has 3 aromatic rings. The van der Waals surface area contributed by atoms with E-state index in [0.717, 1.165) is 5.56 Å². The lowest BCUT2D eigenvalue weighted by Crippen LogP contribution is -2.10. The standard InChI is InChI=1S/C19H13N5O2S/c20-8-13-16(15-5-2-6-26-15)14(9-21)19(24-17(13)22)27-10-11-3-1-4-12(7-11)18(23)25/h1-7H,10H2,(H2,22,24)(H2,23,25). The molecule has 0 bridgehead atoms. The van der Waals surface area contributed by atoms with Crippen molar-refractivity contribution >= 4 is 23.5 Å². The number of nitrogens with two attached hydrogens (primary N) is 2. The average molecular weight is 375 g/mol. The third-order valence-electron chi connectivity index (χ3n) is 3.77. The van der Waals surface area contributed by atoms with Crippen LogP contribution in [-0.4, -0.2) is 10.9 Å². The number of benzene rings is 1. The van der Waals surface area contributed by atoms with E-state index in [4.69, 9.17) is 15.9 Å². The van der Waals surface area contributed by atoms with Crippen molar-refractivity contribution in [2.45, 2.75) is 10.8 Å². The highest BCUT2D eigenvalue weighted by molar-refractivity contribution is 7.98. The number of primary amides is 1. The molecule has 3 rings (SSSR count).